The molecule has 2 rings (SSSR count). The van der Waals surface area contributed by atoms with Crippen LogP contribution in [0.4, 0.5) is 5.69 Å². The molecule has 0 radical (unpaired) electrons. The molecule has 1 aliphatic rings. The minimum absolute atomic E-state index is 0.110. The van der Waals surface area contributed by atoms with E-state index in [0.29, 0.717) is 6.54 Å². The number of imide groups is 1. The molecular weight excluding hydrogens is 218 g/mol. The van der Waals surface area contributed by atoms with Crippen LogP contribution in [0.3, 0.4) is 0 Å². The topological polar surface area (TPSA) is 62.3 Å². The van der Waals surface area contributed by atoms with E-state index < -0.39 is 6.04 Å². The molecule has 1 unspecified atom stereocenters. The van der Waals surface area contributed by atoms with Gasteiger partial charge in [0.2, 0.25) is 5.91 Å². The molecule has 0 aliphatic carbocycles. The smallest absolute Gasteiger partial charge is 0.252 e. The zero-order chi connectivity index (χ0) is 12.4. The Balaban J connectivity index is 2.14. The highest BCUT2D eigenvalue weighted by Gasteiger charge is 2.37. The second-order valence-corrected chi connectivity index (χ2v) is 4.07. The van der Waals surface area contributed by atoms with Crippen LogP contribution in [0.25, 0.3) is 0 Å². The van der Waals surface area contributed by atoms with E-state index in [1.54, 1.807) is 19.3 Å². The van der Waals surface area contributed by atoms with Gasteiger partial charge >= 0.3 is 0 Å². The maximum atomic E-state index is 11.9. The van der Waals surface area contributed by atoms with Crippen molar-refractivity contribution in [2.24, 2.45) is 0 Å². The van der Waals surface area contributed by atoms with Crippen molar-refractivity contribution in [3.05, 3.63) is 24.0 Å². The summed E-state index contributed by atoms with van der Waals surface area (Å²) < 4.78 is 0. The number of hydrogen-bond acceptors (Lipinski definition) is 4. The minimum Gasteiger partial charge on any atom is -0.373 e. The Bertz CT molecular complexity index is 459. The molecule has 90 valence electrons. The Labute approximate surface area is 99.8 Å². The number of rotatable bonds is 3. The molecule has 2 amide bonds. The average molecular weight is 233 g/mol. The lowest BCUT2D eigenvalue weighted by Crippen LogP contribution is -2.34. The molecule has 0 aromatic carbocycles. The first-order valence-electron chi connectivity index (χ1n) is 5.65. The molecule has 2 heterocycles. The van der Waals surface area contributed by atoms with Crippen LogP contribution >= 0.6 is 0 Å². The summed E-state index contributed by atoms with van der Waals surface area (Å²) in [5, 5.41) is 3.10. The second kappa shape index (κ2) is 4.53. The van der Waals surface area contributed by atoms with Crippen molar-refractivity contribution < 1.29 is 9.59 Å². The molecule has 1 fully saturated rings. The van der Waals surface area contributed by atoms with Crippen LogP contribution in [0.1, 0.15) is 18.9 Å². The maximum Gasteiger partial charge on any atom is 0.252 e. The van der Waals surface area contributed by atoms with Gasteiger partial charge in [0.25, 0.3) is 5.91 Å². The molecule has 1 aromatic rings. The van der Waals surface area contributed by atoms with Gasteiger partial charge in [-0.1, -0.05) is 0 Å². The van der Waals surface area contributed by atoms with Gasteiger partial charge in [0.1, 0.15) is 6.04 Å². The predicted octanol–water partition coefficient (Wildman–Crippen LogP) is 0.949. The number of carbonyl (C=O) groups excluding carboxylic acids is 2. The van der Waals surface area contributed by atoms with Crippen LogP contribution < -0.4 is 5.32 Å². The third-order valence-corrected chi connectivity index (χ3v) is 2.91. The first-order valence-corrected chi connectivity index (χ1v) is 5.65. The molecule has 1 aliphatic heterocycles. The third-order valence-electron chi connectivity index (χ3n) is 2.91. The number of aromatic nitrogens is 1. The minimum atomic E-state index is -0.441. The lowest BCUT2D eigenvalue weighted by atomic mass is 10.2. The number of hydrogen-bond donors (Lipinski definition) is 1. The Morgan fingerprint density at radius 1 is 1.53 bits per heavy atom. The maximum absolute atomic E-state index is 11.9. The predicted molar refractivity (Wildman–Crippen MR) is 63.4 cm³/mol. The average Bonchev–Trinajstić information content (AvgIpc) is 2.57. The van der Waals surface area contributed by atoms with E-state index in [4.69, 9.17) is 0 Å². The van der Waals surface area contributed by atoms with E-state index in [-0.39, 0.29) is 18.2 Å². The van der Waals surface area contributed by atoms with Crippen molar-refractivity contribution in [1.29, 1.82) is 0 Å². The Kier molecular flexibility index (Phi) is 3.08. The Morgan fingerprint density at radius 2 is 2.29 bits per heavy atom. The quantitative estimate of drug-likeness (QED) is 0.789. The number of anilines is 1. The molecule has 5 heteroatoms. The van der Waals surface area contributed by atoms with Crippen molar-refractivity contribution in [1.82, 2.24) is 9.88 Å². The molecule has 1 aromatic heterocycles. The van der Waals surface area contributed by atoms with Gasteiger partial charge in [-0.3, -0.25) is 19.5 Å². The van der Waals surface area contributed by atoms with Gasteiger partial charge in [-0.2, -0.15) is 0 Å². The highest BCUT2D eigenvalue weighted by atomic mass is 16.2. The van der Waals surface area contributed by atoms with Gasteiger partial charge < -0.3 is 5.32 Å². The SMILES string of the molecule is CCN1C(=O)CC(Nc2ccncc2C)C1=O. The number of amides is 2. The van der Waals surface area contributed by atoms with Gasteiger partial charge in [-0.15, -0.1) is 0 Å². The number of likely N-dealkylation sites (tertiary alicyclic amines) is 1. The van der Waals surface area contributed by atoms with Crippen LogP contribution in [-0.2, 0) is 9.59 Å². The number of aryl methyl sites for hydroxylation is 1. The van der Waals surface area contributed by atoms with Crippen LogP contribution in [-0.4, -0.2) is 34.3 Å². The van der Waals surface area contributed by atoms with Gasteiger partial charge in [0, 0.05) is 24.6 Å². The summed E-state index contributed by atoms with van der Waals surface area (Å²) in [6.45, 7) is 4.15. The van der Waals surface area contributed by atoms with Crippen LogP contribution in [0.15, 0.2) is 18.5 Å². The van der Waals surface area contributed by atoms with Crippen LogP contribution in [0.5, 0.6) is 0 Å². The Morgan fingerprint density at radius 3 is 2.88 bits per heavy atom. The molecule has 1 N–H and O–H groups in total. The van der Waals surface area contributed by atoms with E-state index >= 15 is 0 Å². The van der Waals surface area contributed by atoms with E-state index in [1.807, 2.05) is 13.0 Å². The monoisotopic (exact) mass is 233 g/mol. The number of likely N-dealkylation sites (N-methyl/N-ethyl adjacent to an activating group) is 1. The summed E-state index contributed by atoms with van der Waals surface area (Å²) >= 11 is 0. The van der Waals surface area contributed by atoms with Gasteiger partial charge in [-0.25, -0.2) is 0 Å². The summed E-state index contributed by atoms with van der Waals surface area (Å²) in [7, 11) is 0. The van der Waals surface area contributed by atoms with Gasteiger partial charge in [0.15, 0.2) is 0 Å². The van der Waals surface area contributed by atoms with E-state index in [1.165, 1.54) is 4.90 Å². The zero-order valence-corrected chi connectivity index (χ0v) is 9.93. The third kappa shape index (κ3) is 2.13. The molecule has 0 spiro atoms. The van der Waals surface area contributed by atoms with Crippen molar-refractivity contribution >= 4 is 17.5 Å². The number of pyridine rings is 1. The lowest BCUT2D eigenvalue weighted by Gasteiger charge is -2.15. The van der Waals surface area contributed by atoms with Crippen molar-refractivity contribution in [3.8, 4) is 0 Å². The number of nitrogens with one attached hydrogen (secondary N) is 1. The Hall–Kier alpha value is -1.91. The molecular formula is C12H15N3O2. The summed E-state index contributed by atoms with van der Waals surface area (Å²) in [5.74, 6) is -0.254. The van der Waals surface area contributed by atoms with Crippen molar-refractivity contribution in [3.63, 3.8) is 0 Å². The van der Waals surface area contributed by atoms with Crippen molar-refractivity contribution in [2.75, 3.05) is 11.9 Å². The van der Waals surface area contributed by atoms with Crippen molar-refractivity contribution in [2.45, 2.75) is 26.3 Å². The fourth-order valence-electron chi connectivity index (χ4n) is 1.95. The van der Waals surface area contributed by atoms with E-state index in [9.17, 15) is 9.59 Å². The summed E-state index contributed by atoms with van der Waals surface area (Å²) in [6, 6.07) is 1.37. The van der Waals surface area contributed by atoms with E-state index in [2.05, 4.69) is 10.3 Å². The van der Waals surface area contributed by atoms with E-state index in [0.717, 1.165) is 11.3 Å². The summed E-state index contributed by atoms with van der Waals surface area (Å²) in [4.78, 5) is 28.7. The van der Waals surface area contributed by atoms with Gasteiger partial charge in [-0.05, 0) is 25.5 Å². The zero-order valence-electron chi connectivity index (χ0n) is 9.93. The largest absolute Gasteiger partial charge is 0.373 e. The first kappa shape index (κ1) is 11.6. The fourth-order valence-corrected chi connectivity index (χ4v) is 1.95. The standard InChI is InChI=1S/C12H15N3O2/c1-3-15-11(16)6-10(12(15)17)14-9-4-5-13-7-8(9)2/h4-5,7,10H,3,6H2,1-2H3,(H,13,14). The molecule has 1 saturated heterocycles. The fraction of sp³-hybridized carbons (Fsp3) is 0.417. The molecule has 0 saturated carbocycles. The molecule has 5 nitrogen and oxygen atoms in total. The molecule has 1 atom stereocenters. The second-order valence-electron chi connectivity index (χ2n) is 4.07. The highest BCUT2D eigenvalue weighted by Crippen LogP contribution is 2.19. The highest BCUT2D eigenvalue weighted by molar-refractivity contribution is 6.06. The summed E-state index contributed by atoms with van der Waals surface area (Å²) in [6.07, 6.45) is 3.61. The van der Waals surface area contributed by atoms with Gasteiger partial charge in [0.05, 0.1) is 6.42 Å². The van der Waals surface area contributed by atoms with Crippen LogP contribution in [0.2, 0.25) is 0 Å². The normalized spacial score (nSPS) is 19.9. The molecule has 17 heavy (non-hydrogen) atoms. The number of carbonyl (C=O) groups is 2. The summed E-state index contributed by atoms with van der Waals surface area (Å²) in [5.41, 5.74) is 1.81. The number of nitrogens with zero attached hydrogens (tertiary/aromatic N) is 2. The van der Waals surface area contributed by atoms with Crippen LogP contribution in [0, 0.1) is 6.92 Å². The molecule has 0 bridgehead atoms. The lowest BCUT2D eigenvalue weighted by molar-refractivity contribution is -0.138. The first-order chi connectivity index (χ1) is 8.13.